The van der Waals surface area contributed by atoms with Crippen LogP contribution in [0.4, 0.5) is 5.95 Å². The number of fused-ring (bicyclic) bond motifs is 1. The maximum Gasteiger partial charge on any atom is 0.260 e. The number of nitrogens with one attached hydrogen (secondary N) is 2. The van der Waals surface area contributed by atoms with E-state index in [0.717, 1.165) is 11.3 Å². The number of benzene rings is 2. The minimum Gasteiger partial charge on any atom is -0.497 e. The Labute approximate surface area is 159 Å². The average Bonchev–Trinajstić information content (AvgIpc) is 3.23. The SMILES string of the molecule is COc1ccc(Cn2cc(C(=O)Nc3ncn[nH]3)c3ccccc3c2=O)cc1. The van der Waals surface area contributed by atoms with Crippen molar-refractivity contribution in [2.75, 3.05) is 12.4 Å². The molecule has 140 valence electrons. The van der Waals surface area contributed by atoms with E-state index in [9.17, 15) is 9.59 Å². The molecule has 2 aromatic heterocycles. The van der Waals surface area contributed by atoms with Crippen LogP contribution in [0.3, 0.4) is 0 Å². The van der Waals surface area contributed by atoms with E-state index >= 15 is 0 Å². The van der Waals surface area contributed by atoms with Gasteiger partial charge in [-0.2, -0.15) is 10.1 Å². The molecule has 0 aliphatic rings. The van der Waals surface area contributed by atoms with Gasteiger partial charge < -0.3 is 9.30 Å². The minimum absolute atomic E-state index is 0.164. The minimum atomic E-state index is -0.378. The lowest BCUT2D eigenvalue weighted by Crippen LogP contribution is -2.24. The number of rotatable bonds is 5. The molecule has 8 heteroatoms. The largest absolute Gasteiger partial charge is 0.497 e. The summed E-state index contributed by atoms with van der Waals surface area (Å²) in [6.45, 7) is 0.330. The van der Waals surface area contributed by atoms with Gasteiger partial charge in [0.25, 0.3) is 11.5 Å². The quantitative estimate of drug-likeness (QED) is 0.558. The van der Waals surface area contributed by atoms with Crippen molar-refractivity contribution in [2.45, 2.75) is 6.54 Å². The number of nitrogens with zero attached hydrogens (tertiary/aromatic N) is 3. The summed E-state index contributed by atoms with van der Waals surface area (Å²) in [5.41, 5.74) is 1.13. The maximum atomic E-state index is 12.9. The van der Waals surface area contributed by atoms with Crippen molar-refractivity contribution >= 4 is 22.6 Å². The Kier molecular flexibility index (Phi) is 4.59. The second-order valence-corrected chi connectivity index (χ2v) is 6.16. The van der Waals surface area contributed by atoms with Gasteiger partial charge in [-0.3, -0.25) is 14.9 Å². The van der Waals surface area contributed by atoms with E-state index in [-0.39, 0.29) is 17.4 Å². The number of anilines is 1. The lowest BCUT2D eigenvalue weighted by atomic mass is 10.1. The zero-order chi connectivity index (χ0) is 19.5. The molecule has 0 fully saturated rings. The van der Waals surface area contributed by atoms with Gasteiger partial charge in [0.2, 0.25) is 5.95 Å². The fourth-order valence-electron chi connectivity index (χ4n) is 3.01. The number of methoxy groups -OCH3 is 1. The normalized spacial score (nSPS) is 10.8. The standard InChI is InChI=1S/C20H17N5O3/c1-28-14-8-6-13(7-9-14)10-25-11-17(18(26)23-20-21-12-22-24-20)15-4-2-3-5-16(15)19(25)27/h2-9,11-12H,10H2,1H3,(H2,21,22,23,24,26). The van der Waals surface area contributed by atoms with Gasteiger partial charge in [-0.25, -0.2) is 5.10 Å². The van der Waals surface area contributed by atoms with Crippen LogP contribution in [0, 0.1) is 0 Å². The molecule has 0 unspecified atom stereocenters. The molecule has 0 atom stereocenters. The first-order chi connectivity index (χ1) is 13.7. The van der Waals surface area contributed by atoms with Crippen molar-refractivity contribution in [3.63, 3.8) is 0 Å². The monoisotopic (exact) mass is 375 g/mol. The van der Waals surface area contributed by atoms with Gasteiger partial charge in [-0.05, 0) is 23.8 Å². The number of aromatic nitrogens is 4. The van der Waals surface area contributed by atoms with Gasteiger partial charge in [0, 0.05) is 17.0 Å². The molecular weight excluding hydrogens is 358 g/mol. The molecule has 8 nitrogen and oxygen atoms in total. The van der Waals surface area contributed by atoms with E-state index in [1.165, 1.54) is 10.9 Å². The Morgan fingerprint density at radius 1 is 1.14 bits per heavy atom. The lowest BCUT2D eigenvalue weighted by Gasteiger charge is -2.12. The van der Waals surface area contributed by atoms with E-state index in [4.69, 9.17) is 4.74 Å². The van der Waals surface area contributed by atoms with Crippen LogP contribution < -0.4 is 15.6 Å². The zero-order valence-corrected chi connectivity index (χ0v) is 15.0. The lowest BCUT2D eigenvalue weighted by molar-refractivity contribution is 0.102. The number of pyridine rings is 1. The summed E-state index contributed by atoms with van der Waals surface area (Å²) in [6.07, 6.45) is 2.87. The number of ether oxygens (including phenoxy) is 1. The molecule has 0 aliphatic heterocycles. The van der Waals surface area contributed by atoms with Crippen LogP contribution in [0.25, 0.3) is 10.8 Å². The highest BCUT2D eigenvalue weighted by molar-refractivity contribution is 6.12. The molecule has 0 spiro atoms. The number of carbonyl (C=O) groups is 1. The van der Waals surface area contributed by atoms with Crippen molar-refractivity contribution < 1.29 is 9.53 Å². The molecule has 2 heterocycles. The van der Waals surface area contributed by atoms with Crippen molar-refractivity contribution in [2.24, 2.45) is 0 Å². The summed E-state index contributed by atoms with van der Waals surface area (Å²) in [4.78, 5) is 29.6. The third kappa shape index (κ3) is 3.35. The highest BCUT2D eigenvalue weighted by atomic mass is 16.5. The smallest absolute Gasteiger partial charge is 0.260 e. The van der Waals surface area contributed by atoms with Crippen molar-refractivity contribution in [1.82, 2.24) is 19.7 Å². The molecule has 0 bridgehead atoms. The molecule has 0 saturated heterocycles. The Morgan fingerprint density at radius 3 is 2.57 bits per heavy atom. The van der Waals surface area contributed by atoms with Crippen LogP contribution in [0.2, 0.25) is 0 Å². The first kappa shape index (κ1) is 17.5. The summed E-state index contributed by atoms with van der Waals surface area (Å²) in [5, 5.41) is 10.0. The molecule has 0 aliphatic carbocycles. The molecule has 2 aromatic carbocycles. The van der Waals surface area contributed by atoms with Gasteiger partial charge in [0.1, 0.15) is 12.1 Å². The van der Waals surface area contributed by atoms with Gasteiger partial charge >= 0.3 is 0 Å². The molecular formula is C20H17N5O3. The first-order valence-corrected chi connectivity index (χ1v) is 8.57. The number of hydrogen-bond acceptors (Lipinski definition) is 5. The van der Waals surface area contributed by atoms with Crippen molar-refractivity contribution in [3.8, 4) is 5.75 Å². The van der Waals surface area contributed by atoms with E-state index in [1.807, 2.05) is 24.3 Å². The highest BCUT2D eigenvalue weighted by Gasteiger charge is 2.16. The molecule has 0 saturated carbocycles. The predicted molar refractivity (Wildman–Crippen MR) is 105 cm³/mol. The van der Waals surface area contributed by atoms with Crippen LogP contribution in [-0.2, 0) is 6.54 Å². The maximum absolute atomic E-state index is 12.9. The van der Waals surface area contributed by atoms with Crippen LogP contribution >= 0.6 is 0 Å². The Morgan fingerprint density at radius 2 is 1.89 bits per heavy atom. The Hall–Kier alpha value is -3.94. The van der Waals surface area contributed by atoms with Crippen molar-refractivity contribution in [1.29, 1.82) is 0 Å². The summed E-state index contributed by atoms with van der Waals surface area (Å²) in [5.74, 6) is 0.597. The van der Waals surface area contributed by atoms with E-state index in [2.05, 4.69) is 20.5 Å². The molecule has 28 heavy (non-hydrogen) atoms. The van der Waals surface area contributed by atoms with Gasteiger partial charge in [-0.1, -0.05) is 30.3 Å². The molecule has 0 radical (unpaired) electrons. The third-order valence-corrected chi connectivity index (χ3v) is 4.40. The second kappa shape index (κ2) is 7.36. The zero-order valence-electron chi connectivity index (χ0n) is 15.0. The fourth-order valence-corrected chi connectivity index (χ4v) is 3.01. The Bertz CT molecular complexity index is 1180. The number of aromatic amines is 1. The van der Waals surface area contributed by atoms with Gasteiger partial charge in [0.05, 0.1) is 19.2 Å². The number of amides is 1. The van der Waals surface area contributed by atoms with Crippen LogP contribution in [-0.4, -0.2) is 32.8 Å². The Balaban J connectivity index is 1.77. The van der Waals surface area contributed by atoms with Gasteiger partial charge in [0.15, 0.2) is 0 Å². The third-order valence-electron chi connectivity index (χ3n) is 4.40. The first-order valence-electron chi connectivity index (χ1n) is 8.57. The summed E-state index contributed by atoms with van der Waals surface area (Å²) in [7, 11) is 1.60. The molecule has 4 aromatic rings. The predicted octanol–water partition coefficient (Wildman–Crippen LogP) is 2.43. The van der Waals surface area contributed by atoms with E-state index < -0.39 is 0 Å². The van der Waals surface area contributed by atoms with E-state index in [0.29, 0.717) is 22.9 Å². The van der Waals surface area contributed by atoms with Crippen LogP contribution in [0.15, 0.2) is 65.8 Å². The molecule has 2 N–H and O–H groups in total. The van der Waals surface area contributed by atoms with Crippen LogP contribution in [0.1, 0.15) is 15.9 Å². The number of carbonyl (C=O) groups excluding carboxylic acids is 1. The van der Waals surface area contributed by atoms with Gasteiger partial charge in [-0.15, -0.1) is 0 Å². The fraction of sp³-hybridized carbons (Fsp3) is 0.100. The highest BCUT2D eigenvalue weighted by Crippen LogP contribution is 2.18. The number of hydrogen-bond donors (Lipinski definition) is 2. The van der Waals surface area contributed by atoms with Crippen molar-refractivity contribution in [3.05, 3.63) is 82.5 Å². The van der Waals surface area contributed by atoms with Crippen LogP contribution in [0.5, 0.6) is 5.75 Å². The topological polar surface area (TPSA) is 102 Å². The summed E-state index contributed by atoms with van der Waals surface area (Å²) >= 11 is 0. The summed E-state index contributed by atoms with van der Waals surface area (Å²) in [6, 6.07) is 14.5. The molecule has 1 amide bonds. The second-order valence-electron chi connectivity index (χ2n) is 6.16. The van der Waals surface area contributed by atoms with E-state index in [1.54, 1.807) is 37.6 Å². The average molecular weight is 375 g/mol. The number of H-pyrrole nitrogens is 1. The summed E-state index contributed by atoms with van der Waals surface area (Å²) < 4.78 is 6.69. The molecule has 4 rings (SSSR count).